The first-order chi connectivity index (χ1) is 10.8. The van der Waals surface area contributed by atoms with E-state index in [-0.39, 0.29) is 16.6 Å². The number of nitrogens with two attached hydrogens (primary N) is 1. The highest BCUT2D eigenvalue weighted by Crippen LogP contribution is 2.18. The van der Waals surface area contributed by atoms with Crippen LogP contribution in [0.25, 0.3) is 0 Å². The summed E-state index contributed by atoms with van der Waals surface area (Å²) >= 11 is 0. The van der Waals surface area contributed by atoms with Gasteiger partial charge < -0.3 is 10.6 Å². The number of nitrogens with zero attached hydrogens (tertiary/aromatic N) is 1. The van der Waals surface area contributed by atoms with Gasteiger partial charge >= 0.3 is 0 Å². The van der Waals surface area contributed by atoms with Crippen LogP contribution < -0.4 is 15.4 Å². The van der Waals surface area contributed by atoms with Crippen molar-refractivity contribution in [1.29, 1.82) is 0 Å². The van der Waals surface area contributed by atoms with Gasteiger partial charge in [-0.05, 0) is 43.2 Å². The van der Waals surface area contributed by atoms with E-state index >= 15 is 0 Å². The predicted molar refractivity (Wildman–Crippen MR) is 95.1 cm³/mol. The zero-order valence-corrected chi connectivity index (χ0v) is 14.5. The molecule has 23 heavy (non-hydrogen) atoms. The minimum Gasteiger partial charge on any atom is -0.398 e. The Morgan fingerprint density at radius 1 is 1.09 bits per heavy atom. The lowest BCUT2D eigenvalue weighted by atomic mass is 10.1. The van der Waals surface area contributed by atoms with Crippen molar-refractivity contribution in [2.45, 2.75) is 24.3 Å². The molecule has 0 spiro atoms. The molecule has 0 heterocycles. The van der Waals surface area contributed by atoms with E-state index in [0.717, 1.165) is 11.3 Å². The van der Waals surface area contributed by atoms with E-state index in [1.54, 1.807) is 18.2 Å². The lowest BCUT2D eigenvalue weighted by molar-refractivity contribution is 0.560. The second-order valence-corrected chi connectivity index (χ2v) is 7.51. The highest BCUT2D eigenvalue weighted by molar-refractivity contribution is 7.89. The fraction of sp³-hybridized carbons (Fsp3) is 0.294. The van der Waals surface area contributed by atoms with Crippen molar-refractivity contribution < 1.29 is 8.42 Å². The first-order valence-corrected chi connectivity index (χ1v) is 8.91. The topological polar surface area (TPSA) is 75.4 Å². The Bertz CT molecular complexity index is 756. The van der Waals surface area contributed by atoms with Gasteiger partial charge in [0.25, 0.3) is 0 Å². The molecule has 2 aromatic carbocycles. The summed E-state index contributed by atoms with van der Waals surface area (Å²) in [4.78, 5) is 2.14. The minimum atomic E-state index is -3.62. The molecule has 1 atom stereocenters. The number of benzene rings is 2. The molecule has 0 radical (unpaired) electrons. The molecule has 0 saturated carbocycles. The SMILES string of the molecule is C[C@@H](Cc1ccc(N(C)C)cc1)NS(=O)(=O)c1ccccc1N. The van der Waals surface area contributed by atoms with Crippen molar-refractivity contribution in [3.8, 4) is 0 Å². The Hall–Kier alpha value is -2.05. The van der Waals surface area contributed by atoms with Gasteiger partial charge in [0.05, 0.1) is 5.69 Å². The molecule has 0 amide bonds. The van der Waals surface area contributed by atoms with Gasteiger partial charge in [-0.15, -0.1) is 0 Å². The van der Waals surface area contributed by atoms with Crippen molar-refractivity contribution in [2.75, 3.05) is 24.7 Å². The van der Waals surface area contributed by atoms with Gasteiger partial charge in [-0.3, -0.25) is 0 Å². The Morgan fingerprint density at radius 2 is 1.70 bits per heavy atom. The Labute approximate surface area is 138 Å². The monoisotopic (exact) mass is 333 g/mol. The van der Waals surface area contributed by atoms with Crippen LogP contribution in [0.2, 0.25) is 0 Å². The number of hydrogen-bond acceptors (Lipinski definition) is 4. The summed E-state index contributed by atoms with van der Waals surface area (Å²) in [5, 5.41) is 0. The molecular weight excluding hydrogens is 310 g/mol. The highest BCUT2D eigenvalue weighted by atomic mass is 32.2. The predicted octanol–water partition coefficient (Wildman–Crippen LogP) is 2.24. The second-order valence-electron chi connectivity index (χ2n) is 5.83. The van der Waals surface area contributed by atoms with Crippen LogP contribution in [0.1, 0.15) is 12.5 Å². The van der Waals surface area contributed by atoms with Gasteiger partial charge in [0.1, 0.15) is 4.90 Å². The zero-order chi connectivity index (χ0) is 17.0. The molecule has 5 nitrogen and oxygen atoms in total. The van der Waals surface area contributed by atoms with Crippen LogP contribution in [-0.2, 0) is 16.4 Å². The maximum Gasteiger partial charge on any atom is 0.242 e. The molecule has 3 N–H and O–H groups in total. The Morgan fingerprint density at radius 3 is 2.26 bits per heavy atom. The summed E-state index contributed by atoms with van der Waals surface area (Å²) in [6, 6.07) is 14.3. The molecule has 0 aliphatic carbocycles. The molecule has 2 aromatic rings. The lowest BCUT2D eigenvalue weighted by Gasteiger charge is -2.16. The molecule has 0 bridgehead atoms. The standard InChI is InChI=1S/C17H23N3O2S/c1-13(12-14-8-10-15(11-9-14)20(2)3)19-23(21,22)17-7-5-4-6-16(17)18/h4-11,13,19H,12,18H2,1-3H3/t13-/m0/s1. The van der Waals surface area contributed by atoms with Crippen molar-refractivity contribution in [1.82, 2.24) is 4.72 Å². The van der Waals surface area contributed by atoms with Crippen LogP contribution in [0.3, 0.4) is 0 Å². The number of para-hydroxylation sites is 1. The zero-order valence-electron chi connectivity index (χ0n) is 13.7. The summed E-state index contributed by atoms with van der Waals surface area (Å²) in [5.41, 5.74) is 8.19. The van der Waals surface area contributed by atoms with Crippen LogP contribution >= 0.6 is 0 Å². The summed E-state index contributed by atoms with van der Waals surface area (Å²) in [5.74, 6) is 0. The number of sulfonamides is 1. The maximum absolute atomic E-state index is 12.4. The number of rotatable bonds is 6. The molecule has 0 aliphatic heterocycles. The molecule has 2 rings (SSSR count). The molecular formula is C17H23N3O2S. The van der Waals surface area contributed by atoms with Gasteiger partial charge in [-0.25, -0.2) is 13.1 Å². The largest absolute Gasteiger partial charge is 0.398 e. The average molecular weight is 333 g/mol. The Kier molecular flexibility index (Phi) is 5.28. The van der Waals surface area contributed by atoms with Gasteiger partial charge in [0.15, 0.2) is 0 Å². The van der Waals surface area contributed by atoms with E-state index < -0.39 is 10.0 Å². The lowest BCUT2D eigenvalue weighted by Crippen LogP contribution is -2.34. The van der Waals surface area contributed by atoms with Gasteiger partial charge in [0, 0.05) is 25.8 Å². The minimum absolute atomic E-state index is 0.120. The molecule has 0 unspecified atom stereocenters. The summed E-state index contributed by atoms with van der Waals surface area (Å²) in [6.07, 6.45) is 0.611. The van der Waals surface area contributed by atoms with E-state index in [4.69, 9.17) is 5.73 Å². The van der Waals surface area contributed by atoms with E-state index in [2.05, 4.69) is 4.72 Å². The molecule has 0 aromatic heterocycles. The average Bonchev–Trinajstić information content (AvgIpc) is 2.47. The van der Waals surface area contributed by atoms with Crippen molar-refractivity contribution in [2.24, 2.45) is 0 Å². The third-order valence-electron chi connectivity index (χ3n) is 3.56. The maximum atomic E-state index is 12.4. The van der Waals surface area contributed by atoms with Crippen molar-refractivity contribution in [3.05, 3.63) is 54.1 Å². The van der Waals surface area contributed by atoms with Gasteiger partial charge in [-0.2, -0.15) is 0 Å². The number of anilines is 2. The van der Waals surface area contributed by atoms with Crippen LogP contribution in [0.5, 0.6) is 0 Å². The first-order valence-electron chi connectivity index (χ1n) is 7.42. The first kappa shape index (κ1) is 17.3. The highest BCUT2D eigenvalue weighted by Gasteiger charge is 2.19. The normalized spacial score (nSPS) is 12.8. The van der Waals surface area contributed by atoms with E-state index in [0.29, 0.717) is 6.42 Å². The fourth-order valence-corrected chi connectivity index (χ4v) is 3.76. The summed E-state index contributed by atoms with van der Waals surface area (Å²) in [7, 11) is 0.349. The van der Waals surface area contributed by atoms with Crippen LogP contribution in [-0.4, -0.2) is 28.6 Å². The van der Waals surface area contributed by atoms with Crippen LogP contribution in [0.15, 0.2) is 53.4 Å². The Balaban J connectivity index is 2.07. The fourth-order valence-electron chi connectivity index (χ4n) is 2.38. The van der Waals surface area contributed by atoms with E-state index in [9.17, 15) is 8.42 Å². The van der Waals surface area contributed by atoms with Crippen LogP contribution in [0, 0.1) is 0 Å². The summed E-state index contributed by atoms with van der Waals surface area (Å²) in [6.45, 7) is 1.84. The number of hydrogen-bond donors (Lipinski definition) is 2. The molecule has 0 fully saturated rings. The van der Waals surface area contributed by atoms with Crippen molar-refractivity contribution in [3.63, 3.8) is 0 Å². The number of nitrogens with one attached hydrogen (secondary N) is 1. The third-order valence-corrected chi connectivity index (χ3v) is 5.22. The smallest absolute Gasteiger partial charge is 0.242 e. The molecule has 0 aliphatic rings. The quantitative estimate of drug-likeness (QED) is 0.795. The van der Waals surface area contributed by atoms with Gasteiger partial charge in [-0.1, -0.05) is 24.3 Å². The second kappa shape index (κ2) is 7.02. The third kappa shape index (κ3) is 4.46. The number of nitrogen functional groups attached to an aromatic ring is 1. The summed E-state index contributed by atoms with van der Waals surface area (Å²) < 4.78 is 27.5. The van der Waals surface area contributed by atoms with Gasteiger partial charge in [0.2, 0.25) is 10.0 Å². The van der Waals surface area contributed by atoms with Crippen LogP contribution in [0.4, 0.5) is 11.4 Å². The van der Waals surface area contributed by atoms with E-state index in [1.807, 2.05) is 50.2 Å². The molecule has 124 valence electrons. The van der Waals surface area contributed by atoms with E-state index in [1.165, 1.54) is 6.07 Å². The molecule has 6 heteroatoms. The van der Waals surface area contributed by atoms with Crippen molar-refractivity contribution >= 4 is 21.4 Å². The molecule has 0 saturated heterocycles.